The number of nitrogens with one attached hydrogen (secondary N) is 2. The lowest BCUT2D eigenvalue weighted by molar-refractivity contribution is 0.414. The normalized spacial score (nSPS) is 12.0. The van der Waals surface area contributed by atoms with E-state index in [0.29, 0.717) is 5.75 Å². The number of methoxy groups -OCH3 is 2. The molecule has 0 aliphatic rings. The van der Waals surface area contributed by atoms with Gasteiger partial charge < -0.3 is 9.47 Å². The third-order valence-corrected chi connectivity index (χ3v) is 6.52. The summed E-state index contributed by atoms with van der Waals surface area (Å²) >= 11 is 0. The van der Waals surface area contributed by atoms with Gasteiger partial charge in [-0.05, 0) is 56.3 Å². The molecule has 27 heavy (non-hydrogen) atoms. The van der Waals surface area contributed by atoms with E-state index in [1.54, 1.807) is 13.8 Å². The van der Waals surface area contributed by atoms with Crippen LogP contribution < -0.4 is 18.9 Å². The van der Waals surface area contributed by atoms with Crippen LogP contribution in [-0.4, -0.2) is 37.1 Å². The molecule has 0 unspecified atom stereocenters. The SMILES string of the molecule is COc1ccc(S(=O)(=O)Nc2cc(S(=O)(=O)NC(C)C)ccc2OC)cc1. The smallest absolute Gasteiger partial charge is 0.262 e. The second kappa shape index (κ2) is 8.15. The van der Waals surface area contributed by atoms with Crippen molar-refractivity contribution in [3.63, 3.8) is 0 Å². The van der Waals surface area contributed by atoms with Crippen molar-refractivity contribution >= 4 is 25.7 Å². The van der Waals surface area contributed by atoms with Crippen molar-refractivity contribution in [3.05, 3.63) is 42.5 Å². The summed E-state index contributed by atoms with van der Waals surface area (Å²) in [6.07, 6.45) is 0. The topological polar surface area (TPSA) is 111 Å². The summed E-state index contributed by atoms with van der Waals surface area (Å²) < 4.78 is 65.0. The van der Waals surface area contributed by atoms with Gasteiger partial charge in [-0.15, -0.1) is 0 Å². The maximum atomic E-state index is 12.6. The Hall–Kier alpha value is -2.30. The van der Waals surface area contributed by atoms with Gasteiger partial charge in [0.25, 0.3) is 10.0 Å². The minimum absolute atomic E-state index is 0.00100. The largest absolute Gasteiger partial charge is 0.497 e. The molecule has 0 spiro atoms. The van der Waals surface area contributed by atoms with Gasteiger partial charge in [0.2, 0.25) is 10.0 Å². The molecule has 2 N–H and O–H groups in total. The summed E-state index contributed by atoms with van der Waals surface area (Å²) in [7, 11) is -4.91. The van der Waals surface area contributed by atoms with E-state index in [2.05, 4.69) is 9.44 Å². The fraction of sp³-hybridized carbons (Fsp3) is 0.294. The number of anilines is 1. The summed E-state index contributed by atoms with van der Waals surface area (Å²) in [6, 6.07) is 9.43. The molecule has 0 aliphatic carbocycles. The Morgan fingerprint density at radius 3 is 1.93 bits per heavy atom. The molecular weight excluding hydrogens is 392 g/mol. The zero-order valence-corrected chi connectivity index (χ0v) is 17.0. The molecule has 8 nitrogen and oxygen atoms in total. The molecule has 0 aliphatic heterocycles. The lowest BCUT2D eigenvalue weighted by Crippen LogP contribution is -2.30. The van der Waals surface area contributed by atoms with Gasteiger partial charge in [-0.1, -0.05) is 0 Å². The predicted octanol–water partition coefficient (Wildman–Crippen LogP) is 2.19. The summed E-state index contributed by atoms with van der Waals surface area (Å²) in [4.78, 5) is -0.0802. The molecule has 0 atom stereocenters. The zero-order valence-electron chi connectivity index (χ0n) is 15.4. The zero-order chi connectivity index (χ0) is 20.2. The van der Waals surface area contributed by atoms with Gasteiger partial charge in [-0.2, -0.15) is 0 Å². The van der Waals surface area contributed by atoms with Crippen molar-refractivity contribution < 1.29 is 26.3 Å². The first-order chi connectivity index (χ1) is 12.6. The highest BCUT2D eigenvalue weighted by Crippen LogP contribution is 2.30. The molecular formula is C17H22N2O6S2. The number of benzene rings is 2. The number of ether oxygens (including phenoxy) is 2. The third kappa shape index (κ3) is 5.12. The van der Waals surface area contributed by atoms with Crippen molar-refractivity contribution in [1.29, 1.82) is 0 Å². The molecule has 10 heteroatoms. The highest BCUT2D eigenvalue weighted by molar-refractivity contribution is 7.92. The molecule has 0 bridgehead atoms. The Kier molecular flexibility index (Phi) is 6.34. The average molecular weight is 415 g/mol. The molecule has 0 aromatic heterocycles. The van der Waals surface area contributed by atoms with E-state index < -0.39 is 20.0 Å². The van der Waals surface area contributed by atoms with Gasteiger partial charge in [0.1, 0.15) is 11.5 Å². The average Bonchev–Trinajstić information content (AvgIpc) is 2.60. The van der Waals surface area contributed by atoms with Gasteiger partial charge in [-0.25, -0.2) is 21.6 Å². The van der Waals surface area contributed by atoms with Crippen LogP contribution in [0.3, 0.4) is 0 Å². The first-order valence-electron chi connectivity index (χ1n) is 7.96. The maximum Gasteiger partial charge on any atom is 0.262 e. The highest BCUT2D eigenvalue weighted by atomic mass is 32.2. The molecule has 0 fully saturated rings. The van der Waals surface area contributed by atoms with Gasteiger partial charge in [0.15, 0.2) is 0 Å². The van der Waals surface area contributed by atoms with Crippen LogP contribution in [0.4, 0.5) is 5.69 Å². The Morgan fingerprint density at radius 2 is 1.41 bits per heavy atom. The van der Waals surface area contributed by atoms with Crippen LogP contribution in [0.2, 0.25) is 0 Å². The first-order valence-corrected chi connectivity index (χ1v) is 10.9. The third-order valence-electron chi connectivity index (χ3n) is 3.49. The van der Waals surface area contributed by atoms with Crippen LogP contribution in [0.15, 0.2) is 52.3 Å². The van der Waals surface area contributed by atoms with Gasteiger partial charge in [0.05, 0.1) is 29.7 Å². The van der Waals surface area contributed by atoms with Crippen molar-refractivity contribution in [2.75, 3.05) is 18.9 Å². The van der Waals surface area contributed by atoms with Crippen LogP contribution in [0.25, 0.3) is 0 Å². The lowest BCUT2D eigenvalue weighted by atomic mass is 10.3. The fourth-order valence-corrected chi connectivity index (χ4v) is 4.61. The van der Waals surface area contributed by atoms with E-state index >= 15 is 0 Å². The Morgan fingerprint density at radius 1 is 0.815 bits per heavy atom. The van der Waals surface area contributed by atoms with Crippen LogP contribution in [0, 0.1) is 0 Å². The second-order valence-electron chi connectivity index (χ2n) is 5.92. The number of rotatable bonds is 8. The molecule has 0 saturated carbocycles. The van der Waals surface area contributed by atoms with Crippen molar-refractivity contribution in [2.45, 2.75) is 29.7 Å². The number of hydrogen-bond donors (Lipinski definition) is 2. The van der Waals surface area contributed by atoms with Crippen LogP contribution >= 0.6 is 0 Å². The quantitative estimate of drug-likeness (QED) is 0.685. The van der Waals surface area contributed by atoms with E-state index in [-0.39, 0.29) is 27.3 Å². The summed E-state index contributed by atoms with van der Waals surface area (Å²) in [5.74, 6) is 0.704. The van der Waals surface area contributed by atoms with E-state index in [0.717, 1.165) is 0 Å². The minimum Gasteiger partial charge on any atom is -0.497 e. The van der Waals surface area contributed by atoms with Gasteiger partial charge in [0, 0.05) is 6.04 Å². The number of hydrogen-bond acceptors (Lipinski definition) is 6. The molecule has 2 aromatic carbocycles. The molecule has 148 valence electrons. The van der Waals surface area contributed by atoms with Crippen LogP contribution in [0.1, 0.15) is 13.8 Å². The molecule has 2 rings (SSSR count). The molecule has 0 heterocycles. The van der Waals surface area contributed by atoms with E-state index in [4.69, 9.17) is 9.47 Å². The van der Waals surface area contributed by atoms with Gasteiger partial charge >= 0.3 is 0 Å². The van der Waals surface area contributed by atoms with Crippen LogP contribution in [-0.2, 0) is 20.0 Å². The molecule has 0 amide bonds. The fourth-order valence-electron chi connectivity index (χ4n) is 2.27. The second-order valence-corrected chi connectivity index (χ2v) is 9.32. The van der Waals surface area contributed by atoms with Crippen molar-refractivity contribution in [1.82, 2.24) is 4.72 Å². The Labute approximate surface area is 159 Å². The van der Waals surface area contributed by atoms with Crippen molar-refractivity contribution in [2.24, 2.45) is 0 Å². The van der Waals surface area contributed by atoms with E-state index in [9.17, 15) is 16.8 Å². The van der Waals surface area contributed by atoms with Crippen LogP contribution in [0.5, 0.6) is 11.5 Å². The number of sulfonamides is 2. The van der Waals surface area contributed by atoms with E-state index in [1.807, 2.05) is 0 Å². The van der Waals surface area contributed by atoms with E-state index in [1.165, 1.54) is 56.7 Å². The summed E-state index contributed by atoms with van der Waals surface area (Å²) in [5, 5.41) is 0. The molecule has 2 aromatic rings. The monoisotopic (exact) mass is 414 g/mol. The van der Waals surface area contributed by atoms with Gasteiger partial charge in [-0.3, -0.25) is 4.72 Å². The van der Waals surface area contributed by atoms with Crippen molar-refractivity contribution in [3.8, 4) is 11.5 Å². The molecule has 0 saturated heterocycles. The summed E-state index contributed by atoms with van der Waals surface area (Å²) in [6.45, 7) is 3.38. The highest BCUT2D eigenvalue weighted by Gasteiger charge is 2.21. The summed E-state index contributed by atoms with van der Waals surface area (Å²) in [5.41, 5.74) is 0.0138. The standard InChI is InChI=1S/C17H22N2O6S2/c1-12(2)18-27(22,23)15-9-10-17(25-4)16(11-15)19-26(20,21)14-7-5-13(24-3)6-8-14/h5-12,18-19H,1-4H3. The minimum atomic E-state index is -3.96. The lowest BCUT2D eigenvalue weighted by Gasteiger charge is -2.15. The maximum absolute atomic E-state index is 12.6. The first kappa shape index (κ1) is 21.0. The Balaban J connectivity index is 2.42. The molecule has 0 radical (unpaired) electrons. The Bertz CT molecular complexity index is 1000. The predicted molar refractivity (Wildman–Crippen MR) is 102 cm³/mol.